The smallest absolute Gasteiger partial charge is 0.0667 e. The Kier molecular flexibility index (Phi) is 7.49. The lowest BCUT2D eigenvalue weighted by Gasteiger charge is -2.16. The average molecular weight is 417 g/mol. The van der Waals surface area contributed by atoms with Crippen molar-refractivity contribution in [2.24, 2.45) is 9.98 Å². The van der Waals surface area contributed by atoms with E-state index in [-0.39, 0.29) is 0 Å². The largest absolute Gasteiger partial charge is 0.252 e. The van der Waals surface area contributed by atoms with Crippen LogP contribution in [0.5, 0.6) is 0 Å². The van der Waals surface area contributed by atoms with Crippen LogP contribution in [-0.2, 0) is 0 Å². The third kappa shape index (κ3) is 5.40. The molecule has 0 unspecified atom stereocenters. The number of thioether (sulfide) groups is 1. The maximum absolute atomic E-state index is 4.98. The fraction of sp³-hybridized carbons (Fsp3) is 0.333. The first kappa shape index (κ1) is 22.3. The summed E-state index contributed by atoms with van der Waals surface area (Å²) in [6.45, 7) is 13.1. The van der Waals surface area contributed by atoms with Crippen LogP contribution in [0.4, 0.5) is 11.4 Å². The van der Waals surface area contributed by atoms with Crippen LogP contribution in [-0.4, -0.2) is 11.4 Å². The molecule has 3 rings (SSSR count). The van der Waals surface area contributed by atoms with E-state index < -0.39 is 0 Å². The lowest BCUT2D eigenvalue weighted by Crippen LogP contribution is -2.03. The predicted molar refractivity (Wildman–Crippen MR) is 135 cm³/mol. The number of benzene rings is 2. The lowest BCUT2D eigenvalue weighted by atomic mass is 10.0. The van der Waals surface area contributed by atoms with Crippen LogP contribution in [0.15, 0.2) is 80.5 Å². The molecule has 2 nitrogen and oxygen atoms in total. The van der Waals surface area contributed by atoms with Crippen molar-refractivity contribution in [2.75, 3.05) is 0 Å². The van der Waals surface area contributed by atoms with Gasteiger partial charge < -0.3 is 0 Å². The molecular weight excluding hydrogens is 384 g/mol. The highest BCUT2D eigenvalue weighted by molar-refractivity contribution is 8.08. The Morgan fingerprint density at radius 1 is 0.700 bits per heavy atom. The lowest BCUT2D eigenvalue weighted by molar-refractivity contribution is 0.867. The van der Waals surface area contributed by atoms with Crippen molar-refractivity contribution >= 4 is 34.6 Å². The zero-order valence-corrected chi connectivity index (χ0v) is 19.8. The number of aliphatic imine (C=N–C) groups is 2. The molecule has 1 aliphatic rings. The summed E-state index contributed by atoms with van der Waals surface area (Å²) in [5, 5.41) is 0. The first-order valence-electron chi connectivity index (χ1n) is 10.7. The highest BCUT2D eigenvalue weighted by Gasteiger charge is 2.15. The fourth-order valence-corrected chi connectivity index (χ4v) is 4.53. The summed E-state index contributed by atoms with van der Waals surface area (Å²) in [4.78, 5) is 12.4. The Morgan fingerprint density at radius 3 is 1.50 bits per heavy atom. The van der Waals surface area contributed by atoms with Gasteiger partial charge in [-0.05, 0) is 55.4 Å². The number of rotatable bonds is 6. The first-order chi connectivity index (χ1) is 14.4. The maximum atomic E-state index is 4.98. The topological polar surface area (TPSA) is 24.7 Å². The monoisotopic (exact) mass is 416 g/mol. The van der Waals surface area contributed by atoms with E-state index in [4.69, 9.17) is 9.98 Å². The second-order valence-electron chi connectivity index (χ2n) is 8.30. The van der Waals surface area contributed by atoms with Crippen LogP contribution in [0.2, 0.25) is 0 Å². The van der Waals surface area contributed by atoms with Gasteiger partial charge in [0.2, 0.25) is 0 Å². The molecule has 0 saturated heterocycles. The van der Waals surface area contributed by atoms with Gasteiger partial charge in [0, 0.05) is 9.81 Å². The zero-order chi connectivity index (χ0) is 21.7. The van der Waals surface area contributed by atoms with Crippen molar-refractivity contribution in [3.8, 4) is 0 Å². The van der Waals surface area contributed by atoms with Gasteiger partial charge in [-0.25, -0.2) is 0 Å². The van der Waals surface area contributed by atoms with Crippen molar-refractivity contribution < 1.29 is 0 Å². The van der Waals surface area contributed by atoms with E-state index in [1.165, 1.54) is 20.9 Å². The minimum Gasteiger partial charge on any atom is -0.252 e. The Hall–Kier alpha value is -2.39. The van der Waals surface area contributed by atoms with Gasteiger partial charge in [-0.2, -0.15) is 0 Å². The molecule has 0 aromatic heterocycles. The Morgan fingerprint density at radius 2 is 1.10 bits per heavy atom. The SMILES string of the molecule is C/C(=N\c1ccccc1C(C)C)C1=CCC=C(/C(C)=N/c2ccccc2C(C)C)S1. The van der Waals surface area contributed by atoms with Crippen molar-refractivity contribution in [1.29, 1.82) is 0 Å². The van der Waals surface area contributed by atoms with Gasteiger partial charge in [0.1, 0.15) is 0 Å². The third-order valence-electron chi connectivity index (χ3n) is 5.23. The van der Waals surface area contributed by atoms with E-state index in [1.807, 2.05) is 0 Å². The van der Waals surface area contributed by atoms with E-state index in [0.717, 1.165) is 29.2 Å². The number of hydrogen-bond donors (Lipinski definition) is 0. The molecule has 0 spiro atoms. The van der Waals surface area contributed by atoms with Crippen LogP contribution in [0, 0.1) is 0 Å². The molecule has 0 fully saturated rings. The summed E-state index contributed by atoms with van der Waals surface area (Å²) >= 11 is 1.78. The van der Waals surface area contributed by atoms with E-state index >= 15 is 0 Å². The minimum atomic E-state index is 0.455. The van der Waals surface area contributed by atoms with Gasteiger partial charge in [0.15, 0.2) is 0 Å². The molecule has 156 valence electrons. The van der Waals surface area contributed by atoms with Gasteiger partial charge in [0.05, 0.1) is 22.8 Å². The van der Waals surface area contributed by atoms with Gasteiger partial charge in [-0.15, -0.1) is 0 Å². The number of allylic oxidation sites excluding steroid dienone is 4. The van der Waals surface area contributed by atoms with E-state index in [1.54, 1.807) is 11.8 Å². The molecular formula is C27H32N2S. The summed E-state index contributed by atoms with van der Waals surface area (Å²) in [6.07, 6.45) is 5.44. The number of hydrogen-bond acceptors (Lipinski definition) is 3. The van der Waals surface area contributed by atoms with Crippen LogP contribution in [0.3, 0.4) is 0 Å². The predicted octanol–water partition coefficient (Wildman–Crippen LogP) is 8.72. The third-order valence-corrected chi connectivity index (χ3v) is 6.60. The van der Waals surface area contributed by atoms with E-state index in [2.05, 4.69) is 102 Å². The Labute approximate surface area is 185 Å². The first-order valence-corrected chi connectivity index (χ1v) is 11.6. The molecule has 0 atom stereocenters. The molecule has 3 heteroatoms. The standard InChI is InChI=1S/C27H32N2S/c1-18(2)22-12-7-9-14-24(22)28-20(5)26-16-11-17-27(30-26)21(6)29-25-15-10-8-13-23(25)19(3)4/h7-10,12-19H,11H2,1-6H3/b28-20+,29-21+. The molecule has 0 bridgehead atoms. The van der Waals surface area contributed by atoms with E-state index in [9.17, 15) is 0 Å². The molecule has 1 aliphatic heterocycles. The van der Waals surface area contributed by atoms with Crippen molar-refractivity contribution in [1.82, 2.24) is 0 Å². The second-order valence-corrected chi connectivity index (χ2v) is 9.38. The van der Waals surface area contributed by atoms with Crippen molar-refractivity contribution in [3.05, 3.63) is 81.6 Å². The summed E-state index contributed by atoms with van der Waals surface area (Å²) in [5.74, 6) is 0.910. The molecule has 2 aromatic carbocycles. The molecule has 0 amide bonds. The summed E-state index contributed by atoms with van der Waals surface area (Å²) < 4.78 is 0. The Balaban J connectivity index is 1.82. The normalized spacial score (nSPS) is 15.5. The zero-order valence-electron chi connectivity index (χ0n) is 18.9. The molecule has 2 aromatic rings. The molecule has 0 aliphatic carbocycles. The molecule has 1 heterocycles. The summed E-state index contributed by atoms with van der Waals surface area (Å²) in [5.41, 5.74) is 6.84. The van der Waals surface area contributed by atoms with Crippen molar-refractivity contribution in [3.63, 3.8) is 0 Å². The summed E-state index contributed by atoms with van der Waals surface area (Å²) in [7, 11) is 0. The molecule has 0 radical (unpaired) electrons. The van der Waals surface area contributed by atoms with Gasteiger partial charge >= 0.3 is 0 Å². The minimum absolute atomic E-state index is 0.455. The van der Waals surface area contributed by atoms with Crippen LogP contribution < -0.4 is 0 Å². The second kappa shape index (κ2) is 10.1. The average Bonchev–Trinajstić information content (AvgIpc) is 2.74. The quantitative estimate of drug-likeness (QED) is 0.432. The fourth-order valence-electron chi connectivity index (χ4n) is 3.54. The summed E-state index contributed by atoms with van der Waals surface area (Å²) in [6, 6.07) is 16.9. The maximum Gasteiger partial charge on any atom is 0.0667 e. The van der Waals surface area contributed by atoms with Gasteiger partial charge in [-0.3, -0.25) is 9.98 Å². The van der Waals surface area contributed by atoms with Crippen molar-refractivity contribution in [2.45, 2.75) is 59.8 Å². The highest BCUT2D eigenvalue weighted by Crippen LogP contribution is 2.36. The van der Waals surface area contributed by atoms with Crippen LogP contribution >= 0.6 is 11.8 Å². The molecule has 30 heavy (non-hydrogen) atoms. The van der Waals surface area contributed by atoms with Gasteiger partial charge in [-0.1, -0.05) is 88.0 Å². The van der Waals surface area contributed by atoms with E-state index in [0.29, 0.717) is 11.8 Å². The van der Waals surface area contributed by atoms with Gasteiger partial charge in [0.25, 0.3) is 0 Å². The number of nitrogens with zero attached hydrogens (tertiary/aromatic N) is 2. The number of para-hydroxylation sites is 2. The molecule has 0 saturated carbocycles. The van der Waals surface area contributed by atoms with Crippen LogP contribution in [0.25, 0.3) is 0 Å². The van der Waals surface area contributed by atoms with Crippen LogP contribution in [0.1, 0.15) is 70.9 Å². The highest BCUT2D eigenvalue weighted by atomic mass is 32.2. The molecule has 0 N–H and O–H groups in total. The Bertz CT molecular complexity index is 941.